The molecule has 1 heterocycles. The van der Waals surface area contributed by atoms with Gasteiger partial charge in [0, 0.05) is 11.4 Å². The zero-order valence-corrected chi connectivity index (χ0v) is 12.1. The van der Waals surface area contributed by atoms with E-state index in [9.17, 15) is 4.79 Å². The molecule has 110 valence electrons. The van der Waals surface area contributed by atoms with Gasteiger partial charge in [-0.1, -0.05) is 18.2 Å². The second-order valence-electron chi connectivity index (χ2n) is 5.49. The minimum atomic E-state index is -0.0792. The molecular formula is C16H19N3O2. The van der Waals surface area contributed by atoms with Crippen LogP contribution < -0.4 is 5.32 Å². The molecule has 0 radical (unpaired) electrons. The first-order chi connectivity index (χ1) is 10.3. The highest BCUT2D eigenvalue weighted by molar-refractivity contribution is 5.90. The van der Waals surface area contributed by atoms with Gasteiger partial charge < -0.3 is 10.1 Å². The molecule has 0 amide bonds. The Kier molecular flexibility index (Phi) is 3.99. The number of hydrogen-bond donors (Lipinski definition) is 1. The lowest BCUT2D eigenvalue weighted by Gasteiger charge is -2.28. The Balaban J connectivity index is 1.69. The van der Waals surface area contributed by atoms with Crippen molar-refractivity contribution in [2.75, 3.05) is 12.4 Å². The van der Waals surface area contributed by atoms with E-state index in [0.29, 0.717) is 6.04 Å². The van der Waals surface area contributed by atoms with Gasteiger partial charge in [0.1, 0.15) is 0 Å². The summed E-state index contributed by atoms with van der Waals surface area (Å²) in [5.41, 5.74) is 1.91. The van der Waals surface area contributed by atoms with Gasteiger partial charge in [0.25, 0.3) is 0 Å². The summed E-state index contributed by atoms with van der Waals surface area (Å²) in [5, 5.41) is 12.8. The summed E-state index contributed by atoms with van der Waals surface area (Å²) in [5.74, 6) is -0.0233. The van der Waals surface area contributed by atoms with Crippen LogP contribution in [0.15, 0.2) is 30.5 Å². The molecule has 1 aromatic carbocycles. The van der Waals surface area contributed by atoms with Crippen molar-refractivity contribution >= 4 is 22.6 Å². The third-order valence-electron chi connectivity index (χ3n) is 4.17. The zero-order valence-electron chi connectivity index (χ0n) is 12.1. The average molecular weight is 285 g/mol. The normalized spacial score (nSPS) is 22.0. The number of nitrogens with one attached hydrogen (secondary N) is 1. The number of carbonyl (C=O) groups is 1. The maximum Gasteiger partial charge on any atom is 0.308 e. The van der Waals surface area contributed by atoms with Gasteiger partial charge in [0.05, 0.1) is 30.4 Å². The van der Waals surface area contributed by atoms with Crippen LogP contribution in [0.3, 0.4) is 0 Å². The van der Waals surface area contributed by atoms with Gasteiger partial charge in [-0.05, 0) is 31.7 Å². The summed E-state index contributed by atoms with van der Waals surface area (Å²) in [6.07, 6.45) is 5.46. The standard InChI is InChI=1S/C16H19N3O2/c1-21-16(20)11-6-8-12(9-7-11)18-15-10-17-19-14-5-3-2-4-13(14)15/h2-5,10-12H,6-9H2,1H3,(H,18,19). The van der Waals surface area contributed by atoms with Crippen molar-refractivity contribution in [1.29, 1.82) is 0 Å². The number of nitrogens with zero attached hydrogens (tertiary/aromatic N) is 2. The average Bonchev–Trinajstić information content (AvgIpc) is 2.55. The van der Waals surface area contributed by atoms with Gasteiger partial charge in [0.2, 0.25) is 0 Å². The van der Waals surface area contributed by atoms with Crippen molar-refractivity contribution in [2.24, 2.45) is 5.92 Å². The predicted molar refractivity (Wildman–Crippen MR) is 80.9 cm³/mol. The van der Waals surface area contributed by atoms with E-state index in [2.05, 4.69) is 15.5 Å². The molecule has 0 bridgehead atoms. The first-order valence-electron chi connectivity index (χ1n) is 7.32. The lowest BCUT2D eigenvalue weighted by atomic mass is 9.86. The largest absolute Gasteiger partial charge is 0.469 e. The zero-order chi connectivity index (χ0) is 14.7. The summed E-state index contributed by atoms with van der Waals surface area (Å²) in [7, 11) is 1.46. The number of benzene rings is 1. The molecule has 0 unspecified atom stereocenters. The highest BCUT2D eigenvalue weighted by Crippen LogP contribution is 2.29. The number of aromatic nitrogens is 2. The van der Waals surface area contributed by atoms with Crippen LogP contribution in [0.4, 0.5) is 5.69 Å². The monoisotopic (exact) mass is 285 g/mol. The summed E-state index contributed by atoms with van der Waals surface area (Å²) < 4.78 is 4.82. The summed E-state index contributed by atoms with van der Waals surface area (Å²) >= 11 is 0. The van der Waals surface area contributed by atoms with Crippen molar-refractivity contribution in [3.63, 3.8) is 0 Å². The van der Waals surface area contributed by atoms with E-state index in [0.717, 1.165) is 42.3 Å². The van der Waals surface area contributed by atoms with Gasteiger partial charge in [-0.25, -0.2) is 0 Å². The van der Waals surface area contributed by atoms with Crippen molar-refractivity contribution in [2.45, 2.75) is 31.7 Å². The first kappa shape index (κ1) is 13.8. The predicted octanol–water partition coefficient (Wildman–Crippen LogP) is 2.77. The molecule has 1 fully saturated rings. The number of carbonyl (C=O) groups excluding carboxylic acids is 1. The topological polar surface area (TPSA) is 64.1 Å². The molecule has 3 rings (SSSR count). The van der Waals surface area contributed by atoms with Gasteiger partial charge in [0.15, 0.2) is 0 Å². The van der Waals surface area contributed by atoms with Gasteiger partial charge in [-0.15, -0.1) is 0 Å². The van der Waals surface area contributed by atoms with Crippen molar-refractivity contribution in [3.8, 4) is 0 Å². The Morgan fingerprint density at radius 3 is 2.76 bits per heavy atom. The molecule has 1 N–H and O–H groups in total. The summed E-state index contributed by atoms with van der Waals surface area (Å²) in [6.45, 7) is 0. The quantitative estimate of drug-likeness (QED) is 0.878. The van der Waals surface area contributed by atoms with E-state index >= 15 is 0 Å². The third-order valence-corrected chi connectivity index (χ3v) is 4.17. The van der Waals surface area contributed by atoms with Crippen LogP contribution >= 0.6 is 0 Å². The Labute approximate surface area is 123 Å². The van der Waals surface area contributed by atoms with E-state index in [1.165, 1.54) is 7.11 Å². The maximum atomic E-state index is 11.5. The van der Waals surface area contributed by atoms with Crippen LogP contribution in [0.2, 0.25) is 0 Å². The van der Waals surface area contributed by atoms with Crippen molar-refractivity contribution in [3.05, 3.63) is 30.5 Å². The number of ether oxygens (including phenoxy) is 1. The lowest BCUT2D eigenvalue weighted by Crippen LogP contribution is -2.30. The van der Waals surface area contributed by atoms with Crippen molar-refractivity contribution in [1.82, 2.24) is 10.2 Å². The number of anilines is 1. The molecule has 1 aliphatic rings. The Morgan fingerprint density at radius 1 is 1.24 bits per heavy atom. The maximum absolute atomic E-state index is 11.5. The van der Waals surface area contributed by atoms with Crippen LogP contribution in [0.5, 0.6) is 0 Å². The van der Waals surface area contributed by atoms with E-state index in [4.69, 9.17) is 4.74 Å². The van der Waals surface area contributed by atoms with Gasteiger partial charge in [-0.2, -0.15) is 10.2 Å². The number of methoxy groups -OCH3 is 1. The van der Waals surface area contributed by atoms with Crippen molar-refractivity contribution < 1.29 is 9.53 Å². The number of esters is 1. The second kappa shape index (κ2) is 6.08. The van der Waals surface area contributed by atoms with E-state index in [-0.39, 0.29) is 11.9 Å². The summed E-state index contributed by atoms with van der Waals surface area (Å²) in [6, 6.07) is 8.35. The van der Waals surface area contributed by atoms with Crippen LogP contribution in [0.25, 0.3) is 10.9 Å². The fourth-order valence-electron chi connectivity index (χ4n) is 2.98. The number of fused-ring (bicyclic) bond motifs is 1. The van der Waals surface area contributed by atoms with E-state index < -0.39 is 0 Å². The minimum Gasteiger partial charge on any atom is -0.469 e. The van der Waals surface area contributed by atoms with E-state index in [1.807, 2.05) is 24.3 Å². The minimum absolute atomic E-state index is 0.0559. The molecule has 0 atom stereocenters. The Bertz CT molecular complexity index is 631. The van der Waals surface area contributed by atoms with Crippen LogP contribution in [0, 0.1) is 5.92 Å². The molecule has 1 aromatic heterocycles. The Hall–Kier alpha value is -2.17. The van der Waals surface area contributed by atoms with Crippen LogP contribution in [-0.2, 0) is 9.53 Å². The van der Waals surface area contributed by atoms with Gasteiger partial charge in [-0.3, -0.25) is 4.79 Å². The molecule has 1 saturated carbocycles. The smallest absolute Gasteiger partial charge is 0.308 e. The molecule has 0 saturated heterocycles. The second-order valence-corrected chi connectivity index (χ2v) is 5.49. The molecule has 0 spiro atoms. The van der Waals surface area contributed by atoms with Gasteiger partial charge >= 0.3 is 5.97 Å². The van der Waals surface area contributed by atoms with Crippen LogP contribution in [-0.4, -0.2) is 29.3 Å². The molecule has 21 heavy (non-hydrogen) atoms. The lowest BCUT2D eigenvalue weighted by molar-refractivity contribution is -0.146. The molecule has 5 nitrogen and oxygen atoms in total. The Morgan fingerprint density at radius 2 is 2.00 bits per heavy atom. The fourth-order valence-corrected chi connectivity index (χ4v) is 2.98. The fraction of sp³-hybridized carbons (Fsp3) is 0.438. The molecular weight excluding hydrogens is 266 g/mol. The first-order valence-corrected chi connectivity index (χ1v) is 7.32. The molecule has 2 aromatic rings. The third kappa shape index (κ3) is 2.96. The molecule has 1 aliphatic carbocycles. The van der Waals surface area contributed by atoms with Crippen LogP contribution in [0.1, 0.15) is 25.7 Å². The number of rotatable bonds is 3. The molecule has 0 aliphatic heterocycles. The summed E-state index contributed by atoms with van der Waals surface area (Å²) in [4.78, 5) is 11.5. The highest BCUT2D eigenvalue weighted by atomic mass is 16.5. The SMILES string of the molecule is COC(=O)C1CCC(Nc2cnnc3ccccc23)CC1. The number of hydrogen-bond acceptors (Lipinski definition) is 5. The highest BCUT2D eigenvalue weighted by Gasteiger charge is 2.27. The molecule has 5 heteroatoms. The van der Waals surface area contributed by atoms with E-state index in [1.54, 1.807) is 6.20 Å².